The highest BCUT2D eigenvalue weighted by Crippen LogP contribution is 2.33. The number of hydrogen-bond acceptors (Lipinski definition) is 4. The molecule has 6 nitrogen and oxygen atoms in total. The van der Waals surface area contributed by atoms with Gasteiger partial charge >= 0.3 is 5.97 Å². The van der Waals surface area contributed by atoms with Crippen LogP contribution in [0.2, 0.25) is 0 Å². The molecule has 1 N–H and O–H groups in total. The van der Waals surface area contributed by atoms with Gasteiger partial charge in [0.2, 0.25) is 0 Å². The summed E-state index contributed by atoms with van der Waals surface area (Å²) in [5.41, 5.74) is 5.18. The van der Waals surface area contributed by atoms with Crippen LogP contribution in [0.3, 0.4) is 0 Å². The van der Waals surface area contributed by atoms with Crippen molar-refractivity contribution in [2.24, 2.45) is 0 Å². The first-order valence-corrected chi connectivity index (χ1v) is 7.70. The molecule has 0 amide bonds. The number of rotatable bonds is 4. The number of nitrogens with zero attached hydrogens (tertiary/aromatic N) is 4. The molecular weight excluding hydrogens is 304 g/mol. The molecule has 0 aliphatic carbocycles. The van der Waals surface area contributed by atoms with Crippen molar-refractivity contribution in [1.82, 2.24) is 19.7 Å². The quantitative estimate of drug-likeness (QED) is 0.746. The Hall–Kier alpha value is -3.02. The van der Waals surface area contributed by atoms with E-state index in [9.17, 15) is 4.79 Å². The van der Waals surface area contributed by atoms with Crippen LogP contribution in [-0.2, 0) is 11.3 Å². The first-order chi connectivity index (χ1) is 11.5. The second-order valence-corrected chi connectivity index (χ2v) is 5.61. The minimum absolute atomic E-state index is 0.714. The molecule has 6 heteroatoms. The van der Waals surface area contributed by atoms with E-state index in [0.29, 0.717) is 6.54 Å². The van der Waals surface area contributed by atoms with Crippen LogP contribution in [0.15, 0.2) is 30.7 Å². The molecule has 122 valence electrons. The number of aromatic nitrogens is 4. The van der Waals surface area contributed by atoms with Gasteiger partial charge < -0.3 is 5.11 Å². The van der Waals surface area contributed by atoms with E-state index in [4.69, 9.17) is 5.11 Å². The molecule has 3 aromatic heterocycles. The summed E-state index contributed by atoms with van der Waals surface area (Å²) in [4.78, 5) is 19.9. The molecule has 0 spiro atoms. The molecule has 24 heavy (non-hydrogen) atoms. The van der Waals surface area contributed by atoms with Crippen LogP contribution in [0, 0.1) is 13.8 Å². The van der Waals surface area contributed by atoms with Gasteiger partial charge in [-0.05, 0) is 38.5 Å². The fourth-order valence-corrected chi connectivity index (χ4v) is 2.81. The van der Waals surface area contributed by atoms with E-state index in [-0.39, 0.29) is 0 Å². The average molecular weight is 322 g/mol. The first kappa shape index (κ1) is 15.9. The smallest absolute Gasteiger partial charge is 0.328 e. The molecule has 0 aliphatic rings. The van der Waals surface area contributed by atoms with Gasteiger partial charge in [0.15, 0.2) is 5.65 Å². The van der Waals surface area contributed by atoms with Crippen LogP contribution < -0.4 is 0 Å². The van der Waals surface area contributed by atoms with Crippen molar-refractivity contribution in [3.63, 3.8) is 0 Å². The lowest BCUT2D eigenvalue weighted by Gasteiger charge is -2.12. The van der Waals surface area contributed by atoms with Crippen molar-refractivity contribution in [2.75, 3.05) is 0 Å². The number of pyridine rings is 2. The second kappa shape index (κ2) is 6.23. The normalized spacial score (nSPS) is 11.5. The maximum Gasteiger partial charge on any atom is 0.328 e. The first-order valence-electron chi connectivity index (χ1n) is 7.70. The Morgan fingerprint density at radius 3 is 2.75 bits per heavy atom. The zero-order chi connectivity index (χ0) is 17.3. The molecule has 3 rings (SSSR count). The monoisotopic (exact) mass is 322 g/mol. The minimum Gasteiger partial charge on any atom is -0.478 e. The Labute approximate surface area is 139 Å². The van der Waals surface area contributed by atoms with Gasteiger partial charge in [-0.1, -0.05) is 0 Å². The van der Waals surface area contributed by atoms with Gasteiger partial charge in [0.25, 0.3) is 0 Å². The highest BCUT2D eigenvalue weighted by Gasteiger charge is 2.16. The third-order valence-corrected chi connectivity index (χ3v) is 3.87. The summed E-state index contributed by atoms with van der Waals surface area (Å²) in [6, 6.07) is 2.03. The van der Waals surface area contributed by atoms with Crippen LogP contribution in [-0.4, -0.2) is 30.8 Å². The van der Waals surface area contributed by atoms with E-state index in [1.54, 1.807) is 24.7 Å². The average Bonchev–Trinajstić information content (AvgIpc) is 2.94. The number of aliphatic carboxylic acids is 1. The van der Waals surface area contributed by atoms with Gasteiger partial charge in [-0.3, -0.25) is 4.98 Å². The fourth-order valence-electron chi connectivity index (χ4n) is 2.81. The third-order valence-electron chi connectivity index (χ3n) is 3.87. The highest BCUT2D eigenvalue weighted by molar-refractivity contribution is 5.99. The van der Waals surface area contributed by atoms with E-state index in [0.717, 1.165) is 45.1 Å². The molecule has 3 heterocycles. The standard InChI is InChI=1S/C18H18N4O2/c1-4-22-18-15(10-20-22)17(13-7-11(2)8-19-9-13)14(12(3)21-18)5-6-16(23)24/h5-10H,4H2,1-3H3,(H,23,24)/b6-5+. The summed E-state index contributed by atoms with van der Waals surface area (Å²) < 4.78 is 1.83. The molecule has 3 aromatic rings. The molecular formula is C18H18N4O2. The van der Waals surface area contributed by atoms with Crippen molar-refractivity contribution in [3.05, 3.63) is 47.6 Å². The lowest BCUT2D eigenvalue weighted by molar-refractivity contribution is -0.131. The van der Waals surface area contributed by atoms with E-state index in [1.807, 2.05) is 31.5 Å². The summed E-state index contributed by atoms with van der Waals surface area (Å²) in [7, 11) is 0. The molecule has 0 atom stereocenters. The third kappa shape index (κ3) is 2.78. The maximum atomic E-state index is 11.0. The Morgan fingerprint density at radius 1 is 1.29 bits per heavy atom. The molecule has 0 fully saturated rings. The van der Waals surface area contributed by atoms with Crippen LogP contribution in [0.25, 0.3) is 28.2 Å². The van der Waals surface area contributed by atoms with Gasteiger partial charge in [-0.15, -0.1) is 0 Å². The van der Waals surface area contributed by atoms with E-state index >= 15 is 0 Å². The number of carbonyl (C=O) groups is 1. The largest absolute Gasteiger partial charge is 0.478 e. The van der Waals surface area contributed by atoms with Gasteiger partial charge in [0, 0.05) is 52.8 Å². The van der Waals surface area contributed by atoms with E-state index in [2.05, 4.69) is 15.1 Å². The van der Waals surface area contributed by atoms with Crippen LogP contribution >= 0.6 is 0 Å². The maximum absolute atomic E-state index is 11.0. The number of carboxylic acid groups (broad SMARTS) is 1. The van der Waals surface area contributed by atoms with Crippen LogP contribution in [0.1, 0.15) is 23.7 Å². The van der Waals surface area contributed by atoms with Crippen molar-refractivity contribution < 1.29 is 9.90 Å². The lowest BCUT2D eigenvalue weighted by atomic mass is 9.96. The van der Waals surface area contributed by atoms with Crippen LogP contribution in [0.4, 0.5) is 0 Å². The SMILES string of the molecule is CCn1ncc2c(-c3cncc(C)c3)c(/C=C/C(=O)O)c(C)nc21. The molecule has 0 saturated heterocycles. The Bertz CT molecular complexity index is 957. The highest BCUT2D eigenvalue weighted by atomic mass is 16.4. The molecule has 0 aromatic carbocycles. The summed E-state index contributed by atoms with van der Waals surface area (Å²) in [5.74, 6) is -0.993. The fraction of sp³-hybridized carbons (Fsp3) is 0.222. The zero-order valence-electron chi connectivity index (χ0n) is 13.8. The van der Waals surface area contributed by atoms with Crippen molar-refractivity contribution in [1.29, 1.82) is 0 Å². The van der Waals surface area contributed by atoms with Gasteiger partial charge in [-0.2, -0.15) is 5.10 Å². The summed E-state index contributed by atoms with van der Waals surface area (Å²) in [5, 5.41) is 14.3. The summed E-state index contributed by atoms with van der Waals surface area (Å²) in [6.07, 6.45) is 8.07. The van der Waals surface area contributed by atoms with E-state index < -0.39 is 5.97 Å². The number of hydrogen-bond donors (Lipinski definition) is 1. The second-order valence-electron chi connectivity index (χ2n) is 5.61. The topological polar surface area (TPSA) is 80.9 Å². The number of carboxylic acids is 1. The molecule has 0 radical (unpaired) electrons. The predicted octanol–water partition coefficient (Wildman–Crippen LogP) is 3.23. The van der Waals surface area contributed by atoms with Crippen molar-refractivity contribution in [3.8, 4) is 11.1 Å². The Kier molecular flexibility index (Phi) is 4.12. The number of aryl methyl sites for hydroxylation is 3. The van der Waals surface area contributed by atoms with Crippen molar-refractivity contribution >= 4 is 23.1 Å². The number of fused-ring (bicyclic) bond motifs is 1. The summed E-state index contributed by atoms with van der Waals surface area (Å²) in [6.45, 7) is 6.58. The van der Waals surface area contributed by atoms with E-state index in [1.165, 1.54) is 0 Å². The van der Waals surface area contributed by atoms with Gasteiger partial charge in [0.05, 0.1) is 6.20 Å². The lowest BCUT2D eigenvalue weighted by Crippen LogP contribution is -2.01. The molecule has 0 unspecified atom stereocenters. The predicted molar refractivity (Wildman–Crippen MR) is 92.6 cm³/mol. The minimum atomic E-state index is -0.993. The van der Waals surface area contributed by atoms with Crippen LogP contribution in [0.5, 0.6) is 0 Å². The molecule has 0 aliphatic heterocycles. The zero-order valence-corrected chi connectivity index (χ0v) is 13.8. The Balaban J connectivity index is 2.38. The van der Waals surface area contributed by atoms with Gasteiger partial charge in [0.1, 0.15) is 0 Å². The van der Waals surface area contributed by atoms with Gasteiger partial charge in [-0.25, -0.2) is 14.5 Å². The Morgan fingerprint density at radius 2 is 2.08 bits per heavy atom. The molecule has 0 bridgehead atoms. The van der Waals surface area contributed by atoms with Crippen molar-refractivity contribution in [2.45, 2.75) is 27.3 Å². The summed E-state index contributed by atoms with van der Waals surface area (Å²) >= 11 is 0. The molecule has 0 saturated carbocycles.